The number of H-pyrrole nitrogens is 1. The first kappa shape index (κ1) is 26.3. The predicted octanol–water partition coefficient (Wildman–Crippen LogP) is 4.70. The molecule has 0 radical (unpaired) electrons. The van der Waals surface area contributed by atoms with Crippen LogP contribution < -0.4 is 11.2 Å². The molecule has 2 aliphatic heterocycles. The Morgan fingerprint density at radius 2 is 1.21 bits per heavy atom. The minimum atomic E-state index is -0.880. The van der Waals surface area contributed by atoms with Crippen LogP contribution in [0.15, 0.2) is 143 Å². The van der Waals surface area contributed by atoms with E-state index in [0.29, 0.717) is 6.61 Å². The van der Waals surface area contributed by atoms with Crippen LogP contribution in [-0.4, -0.2) is 39.2 Å². The monoisotopic (exact) mass is 557 g/mol. The van der Waals surface area contributed by atoms with Crippen molar-refractivity contribution < 1.29 is 9.47 Å². The zero-order valence-electron chi connectivity index (χ0n) is 23.0. The molecule has 1 aromatic heterocycles. The Labute approximate surface area is 243 Å². The van der Waals surface area contributed by atoms with Gasteiger partial charge in [0.15, 0.2) is 6.23 Å². The standard InChI is InChI=1S/C35H31N3O4/c39-30-21-22-37(34(40)36-30)33-32-31(38(32)23-25-13-5-1-6-14-25)29(42-33)24-41-35(26-15-7-2-8-16-26,27-17-9-3-10-18-27)28-19-11-4-12-20-28/h1-22,29,31-33H,23-24H2,(H,36,39,40)/t29-,31-,32-,33-,38?/m1/s1. The minimum Gasteiger partial charge on any atom is -0.358 e. The molecule has 5 atom stereocenters. The van der Waals surface area contributed by atoms with Gasteiger partial charge in [0.1, 0.15) is 11.7 Å². The summed E-state index contributed by atoms with van der Waals surface area (Å²) in [5.41, 5.74) is 2.44. The van der Waals surface area contributed by atoms with E-state index in [4.69, 9.17) is 9.47 Å². The van der Waals surface area contributed by atoms with Crippen molar-refractivity contribution in [2.75, 3.05) is 6.61 Å². The fourth-order valence-electron chi connectivity index (χ4n) is 6.40. The van der Waals surface area contributed by atoms with Gasteiger partial charge in [-0.3, -0.25) is 19.2 Å². The summed E-state index contributed by atoms with van der Waals surface area (Å²) < 4.78 is 15.2. The van der Waals surface area contributed by atoms with E-state index in [2.05, 4.69) is 58.4 Å². The highest BCUT2D eigenvalue weighted by Gasteiger charge is 2.63. The zero-order chi connectivity index (χ0) is 28.5. The van der Waals surface area contributed by atoms with E-state index >= 15 is 0 Å². The molecule has 2 aliphatic rings. The van der Waals surface area contributed by atoms with Gasteiger partial charge in [-0.25, -0.2) is 4.79 Å². The van der Waals surface area contributed by atoms with Gasteiger partial charge in [0.2, 0.25) is 0 Å². The smallest absolute Gasteiger partial charge is 0.330 e. The van der Waals surface area contributed by atoms with Crippen molar-refractivity contribution in [3.63, 3.8) is 0 Å². The summed E-state index contributed by atoms with van der Waals surface area (Å²) in [6, 6.07) is 42.4. The molecule has 0 bridgehead atoms. The lowest BCUT2D eigenvalue weighted by Crippen LogP contribution is -2.39. The first-order valence-corrected chi connectivity index (χ1v) is 14.2. The molecule has 2 fully saturated rings. The highest BCUT2D eigenvalue weighted by atomic mass is 16.6. The summed E-state index contributed by atoms with van der Waals surface area (Å²) in [4.78, 5) is 29.3. The van der Waals surface area contributed by atoms with E-state index in [9.17, 15) is 9.59 Å². The van der Waals surface area contributed by atoms with Crippen LogP contribution in [-0.2, 0) is 21.6 Å². The van der Waals surface area contributed by atoms with Gasteiger partial charge in [-0.05, 0) is 22.3 Å². The Morgan fingerprint density at radius 3 is 1.74 bits per heavy atom. The number of aromatic amines is 1. The predicted molar refractivity (Wildman–Crippen MR) is 160 cm³/mol. The van der Waals surface area contributed by atoms with Crippen LogP contribution in [0.5, 0.6) is 0 Å². The van der Waals surface area contributed by atoms with Gasteiger partial charge in [-0.1, -0.05) is 121 Å². The summed E-state index contributed by atoms with van der Waals surface area (Å²) in [5, 5.41) is 0. The molecule has 7 heteroatoms. The number of ether oxygens (including phenoxy) is 2. The van der Waals surface area contributed by atoms with Crippen LogP contribution in [0, 0.1) is 0 Å². The second-order valence-corrected chi connectivity index (χ2v) is 10.8. The fourth-order valence-corrected chi connectivity index (χ4v) is 6.40. The Bertz CT molecular complexity index is 1660. The largest absolute Gasteiger partial charge is 0.358 e. The van der Waals surface area contributed by atoms with Crippen LogP contribution in [0.1, 0.15) is 28.5 Å². The lowest BCUT2D eigenvalue weighted by Gasteiger charge is -2.37. The molecule has 3 heterocycles. The van der Waals surface area contributed by atoms with E-state index in [1.54, 1.807) is 0 Å². The SMILES string of the molecule is O=c1ccn([C@@H]2O[C@H](COC(c3ccccc3)(c3ccccc3)c3ccccc3)[C@@H]3[C@H]2N3Cc2ccccc2)c(=O)[nH]1. The third kappa shape index (κ3) is 4.71. The molecular weight excluding hydrogens is 526 g/mol. The highest BCUT2D eigenvalue weighted by Crippen LogP contribution is 2.49. The molecule has 1 N–H and O–H groups in total. The van der Waals surface area contributed by atoms with Gasteiger partial charge >= 0.3 is 5.69 Å². The van der Waals surface area contributed by atoms with Crippen LogP contribution in [0.4, 0.5) is 0 Å². The Kier molecular flexibility index (Phi) is 6.91. The Hall–Kier alpha value is -4.56. The van der Waals surface area contributed by atoms with Gasteiger partial charge in [0, 0.05) is 18.8 Å². The lowest BCUT2D eigenvalue weighted by atomic mass is 9.80. The fraction of sp³-hybridized carbons (Fsp3) is 0.200. The maximum atomic E-state index is 12.8. The normalized spacial score (nSPS) is 22.9. The van der Waals surface area contributed by atoms with E-state index in [1.165, 1.54) is 22.4 Å². The average Bonchev–Trinajstić information content (AvgIpc) is 3.60. The summed E-state index contributed by atoms with van der Waals surface area (Å²) in [5.74, 6) is 0. The van der Waals surface area contributed by atoms with Crippen molar-refractivity contribution in [1.82, 2.24) is 14.5 Å². The average molecular weight is 558 g/mol. The van der Waals surface area contributed by atoms with E-state index < -0.39 is 23.1 Å². The molecule has 4 aromatic carbocycles. The molecule has 0 saturated carbocycles. The van der Waals surface area contributed by atoms with Gasteiger partial charge < -0.3 is 9.47 Å². The number of hydrogen-bond acceptors (Lipinski definition) is 5. The highest BCUT2D eigenvalue weighted by molar-refractivity contribution is 5.47. The Balaban J connectivity index is 1.26. The second-order valence-electron chi connectivity index (χ2n) is 10.8. The van der Waals surface area contributed by atoms with E-state index in [0.717, 1.165) is 23.2 Å². The summed E-state index contributed by atoms with van der Waals surface area (Å²) in [6.45, 7) is 1.02. The van der Waals surface area contributed by atoms with E-state index in [-0.39, 0.29) is 18.2 Å². The van der Waals surface area contributed by atoms with Crippen LogP contribution in [0.3, 0.4) is 0 Å². The molecule has 0 spiro atoms. The van der Waals surface area contributed by atoms with Gasteiger partial charge in [-0.15, -0.1) is 0 Å². The van der Waals surface area contributed by atoms with Crippen molar-refractivity contribution in [3.8, 4) is 0 Å². The topological polar surface area (TPSA) is 76.3 Å². The summed E-state index contributed by atoms with van der Waals surface area (Å²) in [6.07, 6.45) is 0.669. The number of benzene rings is 4. The third-order valence-corrected chi connectivity index (χ3v) is 8.35. The first-order chi connectivity index (χ1) is 20.6. The molecule has 0 aliphatic carbocycles. The molecule has 1 unspecified atom stereocenters. The number of hydrogen-bond donors (Lipinski definition) is 1. The van der Waals surface area contributed by atoms with Crippen LogP contribution in [0.2, 0.25) is 0 Å². The quantitative estimate of drug-likeness (QED) is 0.210. The maximum absolute atomic E-state index is 12.8. The summed E-state index contributed by atoms with van der Waals surface area (Å²) in [7, 11) is 0. The molecule has 0 amide bonds. The van der Waals surface area contributed by atoms with Crippen LogP contribution in [0.25, 0.3) is 0 Å². The number of morpholine rings is 1. The van der Waals surface area contributed by atoms with E-state index in [1.807, 2.05) is 72.8 Å². The third-order valence-electron chi connectivity index (χ3n) is 8.35. The van der Waals surface area contributed by atoms with Crippen LogP contribution >= 0.6 is 0 Å². The second kappa shape index (κ2) is 11.0. The van der Waals surface area contributed by atoms with Crippen molar-refractivity contribution in [1.29, 1.82) is 0 Å². The van der Waals surface area contributed by atoms with Crippen molar-refractivity contribution in [3.05, 3.63) is 177 Å². The number of rotatable bonds is 9. The molecule has 5 aromatic rings. The first-order valence-electron chi connectivity index (χ1n) is 14.2. The molecule has 2 saturated heterocycles. The van der Waals surface area contributed by atoms with Gasteiger partial charge in [0.05, 0.1) is 18.7 Å². The zero-order valence-corrected chi connectivity index (χ0v) is 23.0. The number of nitrogens with zero attached hydrogens (tertiary/aromatic N) is 2. The molecule has 7 nitrogen and oxygen atoms in total. The van der Waals surface area contributed by atoms with Gasteiger partial charge in [0.25, 0.3) is 5.56 Å². The summed E-state index contributed by atoms with van der Waals surface area (Å²) >= 11 is 0. The Morgan fingerprint density at radius 1 is 0.690 bits per heavy atom. The van der Waals surface area contributed by atoms with Gasteiger partial charge in [-0.2, -0.15) is 0 Å². The molecular formula is C35H31N3O4. The van der Waals surface area contributed by atoms with Crippen molar-refractivity contribution >= 4 is 0 Å². The number of aromatic nitrogens is 2. The number of nitrogens with one attached hydrogen (secondary N) is 1. The lowest BCUT2D eigenvalue weighted by molar-refractivity contribution is -0.103. The number of fused-ring (bicyclic) bond motifs is 1. The molecule has 7 rings (SSSR count). The molecule has 42 heavy (non-hydrogen) atoms. The van der Waals surface area contributed by atoms with Crippen molar-refractivity contribution in [2.24, 2.45) is 0 Å². The maximum Gasteiger partial charge on any atom is 0.330 e. The minimum absolute atomic E-state index is 0.0259. The van der Waals surface area contributed by atoms with Crippen molar-refractivity contribution in [2.45, 2.75) is 36.6 Å². The molecule has 210 valence electrons.